The van der Waals surface area contributed by atoms with Gasteiger partial charge in [0, 0.05) is 12.1 Å². The predicted octanol–water partition coefficient (Wildman–Crippen LogP) is 2.86. The average Bonchev–Trinajstić information content (AvgIpc) is 3.07. The molecule has 0 radical (unpaired) electrons. The Labute approximate surface area is 169 Å². The Kier molecular flexibility index (Phi) is 6.29. The summed E-state index contributed by atoms with van der Waals surface area (Å²) in [4.78, 5) is 28.1. The fourth-order valence-electron chi connectivity index (χ4n) is 2.78. The van der Waals surface area contributed by atoms with Crippen molar-refractivity contribution >= 4 is 23.9 Å². The Morgan fingerprint density at radius 1 is 1.21 bits per heavy atom. The van der Waals surface area contributed by atoms with Crippen LogP contribution >= 0.6 is 0 Å². The molecule has 3 rings (SSSR count). The van der Waals surface area contributed by atoms with Gasteiger partial charge in [-0.3, -0.25) is 4.79 Å². The number of methoxy groups -OCH3 is 1. The van der Waals surface area contributed by atoms with Crippen LogP contribution in [0.2, 0.25) is 0 Å². The van der Waals surface area contributed by atoms with E-state index in [1.165, 1.54) is 7.11 Å². The second kappa shape index (κ2) is 9.05. The van der Waals surface area contributed by atoms with Gasteiger partial charge in [0.25, 0.3) is 5.91 Å². The molecule has 0 saturated heterocycles. The number of hydrogen-bond donors (Lipinski definition) is 1. The lowest BCUT2D eigenvalue weighted by molar-refractivity contribution is -0.130. The lowest BCUT2D eigenvalue weighted by atomic mass is 10.1. The van der Waals surface area contributed by atoms with E-state index in [0.29, 0.717) is 23.6 Å². The van der Waals surface area contributed by atoms with Crippen molar-refractivity contribution in [3.8, 4) is 11.5 Å². The number of likely N-dealkylation sites (N-methyl/N-ethyl adjacent to an activating group) is 1. The molecule has 2 aromatic carbocycles. The second-order valence-corrected chi connectivity index (χ2v) is 6.30. The molecular weight excluding hydrogens is 372 g/mol. The molecule has 2 aromatic rings. The molecule has 1 N–H and O–H groups in total. The highest BCUT2D eigenvalue weighted by atomic mass is 16.6. The van der Waals surface area contributed by atoms with E-state index in [4.69, 9.17) is 14.2 Å². The summed E-state index contributed by atoms with van der Waals surface area (Å²) in [5.74, 6) is 0.427. The van der Waals surface area contributed by atoms with Crippen molar-refractivity contribution < 1.29 is 23.8 Å². The number of nitrogens with zero attached hydrogens (tertiary/aromatic N) is 1. The van der Waals surface area contributed by atoms with Crippen molar-refractivity contribution in [3.05, 3.63) is 64.9 Å². The molecule has 0 saturated carbocycles. The number of carbonyl (C=O) groups excluding carboxylic acids is 2. The zero-order valence-electron chi connectivity index (χ0n) is 16.5. The van der Waals surface area contributed by atoms with Crippen LogP contribution in [-0.2, 0) is 14.3 Å². The molecule has 0 bridgehead atoms. The van der Waals surface area contributed by atoms with E-state index in [2.05, 4.69) is 10.3 Å². The van der Waals surface area contributed by atoms with Crippen LogP contribution in [0.4, 0.5) is 0 Å². The maximum Gasteiger partial charge on any atom is 0.363 e. The van der Waals surface area contributed by atoms with Crippen molar-refractivity contribution in [2.75, 3.05) is 20.3 Å². The number of ether oxygens (including phenoxy) is 3. The van der Waals surface area contributed by atoms with E-state index in [-0.39, 0.29) is 24.1 Å². The van der Waals surface area contributed by atoms with Gasteiger partial charge in [-0.1, -0.05) is 24.3 Å². The monoisotopic (exact) mass is 394 g/mol. The van der Waals surface area contributed by atoms with Crippen LogP contribution in [0.15, 0.2) is 53.2 Å². The van der Waals surface area contributed by atoms with E-state index < -0.39 is 5.97 Å². The quantitative estimate of drug-likeness (QED) is 0.576. The molecule has 0 aromatic heterocycles. The summed E-state index contributed by atoms with van der Waals surface area (Å²) in [6, 6.07) is 12.7. The topological polar surface area (TPSA) is 86.2 Å². The number of aliphatic imine (C=N–C) groups is 1. The van der Waals surface area contributed by atoms with Gasteiger partial charge in [-0.15, -0.1) is 0 Å². The number of nitrogens with one attached hydrogen (secondary N) is 1. The molecule has 1 heterocycles. The van der Waals surface area contributed by atoms with Gasteiger partial charge in [0.1, 0.15) is 0 Å². The molecule has 0 fully saturated rings. The van der Waals surface area contributed by atoms with Crippen molar-refractivity contribution in [2.24, 2.45) is 4.99 Å². The highest BCUT2D eigenvalue weighted by Crippen LogP contribution is 2.30. The molecule has 0 atom stereocenters. The van der Waals surface area contributed by atoms with Crippen molar-refractivity contribution in [1.82, 2.24) is 5.32 Å². The van der Waals surface area contributed by atoms with Gasteiger partial charge in [-0.25, -0.2) is 9.79 Å². The summed E-state index contributed by atoms with van der Waals surface area (Å²) < 4.78 is 16.2. The summed E-state index contributed by atoms with van der Waals surface area (Å²) in [5, 5.41) is 2.66. The summed E-state index contributed by atoms with van der Waals surface area (Å²) in [5.41, 5.74) is 2.63. The van der Waals surface area contributed by atoms with Crippen LogP contribution in [0.25, 0.3) is 6.08 Å². The van der Waals surface area contributed by atoms with E-state index in [9.17, 15) is 9.59 Å². The number of benzene rings is 2. The molecule has 7 nitrogen and oxygen atoms in total. The molecule has 1 aliphatic rings. The number of aryl methyl sites for hydroxylation is 1. The van der Waals surface area contributed by atoms with Gasteiger partial charge in [0.2, 0.25) is 5.90 Å². The molecule has 1 aliphatic heterocycles. The number of amides is 1. The largest absolute Gasteiger partial charge is 0.493 e. The van der Waals surface area contributed by atoms with Crippen LogP contribution in [0.5, 0.6) is 11.5 Å². The molecule has 29 heavy (non-hydrogen) atoms. The number of rotatable bonds is 7. The molecule has 0 unspecified atom stereocenters. The maximum absolute atomic E-state index is 12.2. The molecule has 0 spiro atoms. The van der Waals surface area contributed by atoms with Crippen LogP contribution in [0.1, 0.15) is 23.6 Å². The fourth-order valence-corrected chi connectivity index (χ4v) is 2.78. The van der Waals surface area contributed by atoms with Gasteiger partial charge in [0.05, 0.1) is 7.11 Å². The van der Waals surface area contributed by atoms with Gasteiger partial charge in [-0.2, -0.15) is 0 Å². The second-order valence-electron chi connectivity index (χ2n) is 6.30. The smallest absolute Gasteiger partial charge is 0.363 e. The fraction of sp³-hybridized carbons (Fsp3) is 0.227. The number of hydrogen-bond acceptors (Lipinski definition) is 6. The minimum atomic E-state index is -0.515. The summed E-state index contributed by atoms with van der Waals surface area (Å²) in [7, 11) is 1.50. The Morgan fingerprint density at radius 3 is 2.72 bits per heavy atom. The third kappa shape index (κ3) is 4.82. The number of esters is 1. The zero-order chi connectivity index (χ0) is 20.8. The SMILES string of the molecule is CCNC(=O)COc1ccc(/C=C2\N=C(c3ccccc3C)OC2=O)cc1OC. The minimum absolute atomic E-state index is 0.110. The maximum atomic E-state index is 12.2. The van der Waals surface area contributed by atoms with E-state index >= 15 is 0 Å². The van der Waals surface area contributed by atoms with Crippen molar-refractivity contribution in [2.45, 2.75) is 13.8 Å². The van der Waals surface area contributed by atoms with Crippen LogP contribution in [0, 0.1) is 6.92 Å². The molecule has 1 amide bonds. The first kappa shape index (κ1) is 20.1. The molecule has 7 heteroatoms. The van der Waals surface area contributed by atoms with Crippen LogP contribution in [-0.4, -0.2) is 38.0 Å². The standard InChI is InChI=1S/C22H22N2O5/c1-4-23-20(25)13-28-18-10-9-15(12-19(18)27-3)11-17-22(26)29-21(24-17)16-8-6-5-7-14(16)2/h5-12H,4,13H2,1-3H3,(H,23,25)/b17-11-. The van der Waals surface area contributed by atoms with Gasteiger partial charge < -0.3 is 19.5 Å². The average molecular weight is 394 g/mol. The lowest BCUT2D eigenvalue weighted by Crippen LogP contribution is -2.28. The van der Waals surface area contributed by atoms with Crippen LogP contribution in [0.3, 0.4) is 0 Å². The Hall–Kier alpha value is -3.61. The van der Waals surface area contributed by atoms with Gasteiger partial charge in [-0.05, 0) is 49.2 Å². The summed E-state index contributed by atoms with van der Waals surface area (Å²) in [6.45, 7) is 4.19. The third-order valence-electron chi connectivity index (χ3n) is 4.22. The first-order chi connectivity index (χ1) is 14.0. The molecule has 150 valence electrons. The highest BCUT2D eigenvalue weighted by Gasteiger charge is 2.25. The molecular formula is C22H22N2O5. The Morgan fingerprint density at radius 2 is 2.00 bits per heavy atom. The number of carbonyl (C=O) groups is 2. The normalized spacial score (nSPS) is 14.4. The van der Waals surface area contributed by atoms with Crippen molar-refractivity contribution in [1.29, 1.82) is 0 Å². The lowest BCUT2D eigenvalue weighted by Gasteiger charge is -2.11. The van der Waals surface area contributed by atoms with Gasteiger partial charge in [0.15, 0.2) is 23.8 Å². The summed E-state index contributed by atoms with van der Waals surface area (Å²) in [6.07, 6.45) is 1.61. The van der Waals surface area contributed by atoms with Crippen LogP contribution < -0.4 is 14.8 Å². The minimum Gasteiger partial charge on any atom is -0.493 e. The van der Waals surface area contributed by atoms with Crippen molar-refractivity contribution in [3.63, 3.8) is 0 Å². The highest BCUT2D eigenvalue weighted by molar-refractivity contribution is 6.13. The van der Waals surface area contributed by atoms with Gasteiger partial charge >= 0.3 is 5.97 Å². The first-order valence-corrected chi connectivity index (χ1v) is 9.18. The Bertz CT molecular complexity index is 994. The molecule has 0 aliphatic carbocycles. The zero-order valence-corrected chi connectivity index (χ0v) is 16.5. The van der Waals surface area contributed by atoms with E-state index in [0.717, 1.165) is 11.1 Å². The summed E-state index contributed by atoms with van der Waals surface area (Å²) >= 11 is 0. The number of cyclic esters (lactones) is 1. The third-order valence-corrected chi connectivity index (χ3v) is 4.22. The Balaban J connectivity index is 1.81. The van der Waals surface area contributed by atoms with E-state index in [1.54, 1.807) is 24.3 Å². The van der Waals surface area contributed by atoms with E-state index in [1.807, 2.05) is 38.1 Å². The first-order valence-electron chi connectivity index (χ1n) is 9.18. The predicted molar refractivity (Wildman–Crippen MR) is 109 cm³/mol.